The lowest BCUT2D eigenvalue weighted by atomic mass is 9.87. The predicted octanol–water partition coefficient (Wildman–Crippen LogP) is 8.83. The van der Waals surface area contributed by atoms with E-state index in [9.17, 15) is 105 Å². The monoisotopic (exact) mass is 686 g/mol. The van der Waals surface area contributed by atoms with E-state index < -0.39 is 71.6 Å². The first-order chi connectivity index (χ1) is 15.8. The van der Waals surface area contributed by atoms with Crippen LogP contribution in [0.4, 0.5) is 105 Å². The summed E-state index contributed by atoms with van der Waals surface area (Å²) in [4.78, 5) is 0. The van der Waals surface area contributed by atoms with E-state index in [0.29, 0.717) is 0 Å². The second kappa shape index (κ2) is 8.81. The molecule has 1 atom stereocenters. The van der Waals surface area contributed by atoms with Crippen molar-refractivity contribution in [2.45, 2.75) is 64.9 Å². The Bertz CT molecular complexity index is 877. The molecule has 0 saturated carbocycles. The maximum Gasteiger partial charge on any atom is 0.460 e. The highest BCUT2D eigenvalue weighted by molar-refractivity contribution is 7.47. The maximum atomic E-state index is 14.2. The third-order valence-electron chi connectivity index (χ3n) is 4.33. The molecular weight excluding hydrogens is 687 g/mol. The van der Waals surface area contributed by atoms with Gasteiger partial charge in [0.05, 0.1) is 0 Å². The van der Waals surface area contributed by atoms with Gasteiger partial charge in [-0.25, -0.2) is 4.39 Å². The van der Waals surface area contributed by atoms with Crippen molar-refractivity contribution in [1.82, 2.24) is 0 Å². The molecule has 0 N–H and O–H groups in total. The van der Waals surface area contributed by atoms with Crippen LogP contribution in [0.25, 0.3) is 0 Å². The molecule has 0 saturated heterocycles. The molecule has 0 aromatic heterocycles. The summed E-state index contributed by atoms with van der Waals surface area (Å²) in [5.41, 5.74) is 0. The summed E-state index contributed by atoms with van der Waals surface area (Å²) in [6.45, 7) is -9.07. The SMILES string of the molecule is FC(F)(F)C(F)(F)C(F)(F)C(F)(F)C(F)(F)C(F)(F)C(F)(F)C(F)(F)C(F)(C(F)(F)F)[Si](Cl)(Cl)C(F)(F)F. The molecule has 0 aliphatic rings. The minimum Gasteiger partial charge on any atom is -0.227 e. The molecule has 0 fully saturated rings. The lowest BCUT2D eigenvalue weighted by Crippen LogP contribution is -2.81. The Morgan fingerprint density at radius 3 is 0.684 bits per heavy atom. The van der Waals surface area contributed by atoms with E-state index in [1.165, 1.54) is 0 Å². The van der Waals surface area contributed by atoms with E-state index in [1.54, 1.807) is 0 Å². The summed E-state index contributed by atoms with van der Waals surface area (Å²) in [5, 5.41) is -8.56. The van der Waals surface area contributed by atoms with Crippen molar-refractivity contribution >= 4 is 28.9 Å². The smallest absolute Gasteiger partial charge is 0.227 e. The highest BCUT2D eigenvalue weighted by atomic mass is 35.7. The highest BCUT2D eigenvalue weighted by Crippen LogP contribution is 2.68. The summed E-state index contributed by atoms with van der Waals surface area (Å²) >= 11 is 7.56. The Labute approximate surface area is 200 Å². The first kappa shape index (κ1) is 37.1. The Hall–Kier alpha value is -0.883. The molecule has 0 rings (SSSR count). The molecule has 27 heteroatoms. The molecule has 0 aromatic carbocycles. The van der Waals surface area contributed by atoms with Gasteiger partial charge < -0.3 is 0 Å². The molecule has 0 aliphatic heterocycles. The normalized spacial score (nSPS) is 18.5. The molecule has 38 heavy (non-hydrogen) atoms. The maximum absolute atomic E-state index is 14.2. The molecular formula is C11Cl2F24Si. The van der Waals surface area contributed by atoms with Crippen molar-refractivity contribution in [3.63, 3.8) is 0 Å². The van der Waals surface area contributed by atoms with Gasteiger partial charge in [-0.05, 0) is 0 Å². The Morgan fingerprint density at radius 1 is 0.289 bits per heavy atom. The number of hydrogen-bond acceptors (Lipinski definition) is 0. The van der Waals surface area contributed by atoms with Crippen LogP contribution in [0.5, 0.6) is 0 Å². The first-order valence-electron chi connectivity index (χ1n) is 7.66. The molecule has 0 heterocycles. The van der Waals surface area contributed by atoms with E-state index in [0.717, 1.165) is 0 Å². The fourth-order valence-electron chi connectivity index (χ4n) is 2.13. The van der Waals surface area contributed by atoms with Gasteiger partial charge >= 0.3 is 71.6 Å². The molecule has 0 aliphatic carbocycles. The quantitative estimate of drug-likeness (QED) is 0.136. The molecule has 0 aromatic rings. The topological polar surface area (TPSA) is 0 Å². The molecule has 230 valence electrons. The van der Waals surface area contributed by atoms with Gasteiger partial charge in [0.15, 0.2) is 0 Å². The van der Waals surface area contributed by atoms with Crippen LogP contribution < -0.4 is 0 Å². The summed E-state index contributed by atoms with van der Waals surface area (Å²) in [6.07, 6.45) is -16.5. The average molecular weight is 687 g/mol. The second-order valence-electron chi connectivity index (χ2n) is 6.75. The summed E-state index contributed by atoms with van der Waals surface area (Å²) < 4.78 is 313. The summed E-state index contributed by atoms with van der Waals surface area (Å²) in [6, 6.07) is 0. The fourth-order valence-corrected chi connectivity index (χ4v) is 4.78. The van der Waals surface area contributed by atoms with Crippen LogP contribution in [-0.4, -0.2) is 71.6 Å². The molecule has 0 spiro atoms. The van der Waals surface area contributed by atoms with Crippen molar-refractivity contribution in [2.75, 3.05) is 0 Å². The van der Waals surface area contributed by atoms with E-state index in [1.807, 2.05) is 0 Å². The van der Waals surface area contributed by atoms with Gasteiger partial charge in [0, 0.05) is 0 Å². The Kier molecular flexibility index (Phi) is 8.60. The van der Waals surface area contributed by atoms with Crippen molar-refractivity contribution in [2.24, 2.45) is 0 Å². The van der Waals surface area contributed by atoms with E-state index in [-0.39, 0.29) is 0 Å². The molecule has 0 bridgehead atoms. The number of hydrogen-bond donors (Lipinski definition) is 0. The van der Waals surface area contributed by atoms with Crippen LogP contribution in [0.3, 0.4) is 0 Å². The third kappa shape index (κ3) is 4.25. The van der Waals surface area contributed by atoms with Gasteiger partial charge in [0.1, 0.15) is 0 Å². The van der Waals surface area contributed by atoms with Gasteiger partial charge in [0.2, 0.25) is 0 Å². The van der Waals surface area contributed by atoms with Crippen LogP contribution in [0.2, 0.25) is 0 Å². The zero-order valence-corrected chi connectivity index (χ0v) is 18.3. The summed E-state index contributed by atoms with van der Waals surface area (Å²) in [5.74, 6) is -72.2. The van der Waals surface area contributed by atoms with Crippen LogP contribution in [0.15, 0.2) is 0 Å². The van der Waals surface area contributed by atoms with E-state index >= 15 is 0 Å². The number of alkyl halides is 24. The van der Waals surface area contributed by atoms with Gasteiger partial charge in [-0.3, -0.25) is 0 Å². The zero-order chi connectivity index (χ0) is 32.0. The standard InChI is InChI=1S/C11Cl2F24Si/c12-38(13,11(35,36)37)8(28,10(32,33)34)6(24,25)4(20,21)2(16,17)1(14,15)3(18,19)5(22,23)7(26,27)9(29,30)31. The van der Waals surface area contributed by atoms with Crippen molar-refractivity contribution < 1.29 is 105 Å². The van der Waals surface area contributed by atoms with Crippen LogP contribution in [-0.2, 0) is 0 Å². The zero-order valence-electron chi connectivity index (χ0n) is 15.8. The van der Waals surface area contributed by atoms with E-state index in [2.05, 4.69) is 22.2 Å². The molecule has 1 unspecified atom stereocenters. The van der Waals surface area contributed by atoms with Crippen LogP contribution in [0, 0.1) is 0 Å². The van der Waals surface area contributed by atoms with Gasteiger partial charge in [-0.15, -0.1) is 22.2 Å². The largest absolute Gasteiger partial charge is 0.460 e. The Balaban J connectivity index is 7.58. The summed E-state index contributed by atoms with van der Waals surface area (Å²) in [7, 11) is 0. The minimum atomic E-state index is -9.52. The van der Waals surface area contributed by atoms with Gasteiger partial charge in [0.25, 0.3) is 0 Å². The predicted molar refractivity (Wildman–Crippen MR) is 74.1 cm³/mol. The van der Waals surface area contributed by atoms with Crippen LogP contribution >= 0.6 is 22.2 Å². The van der Waals surface area contributed by atoms with Gasteiger partial charge in [-0.1, -0.05) is 0 Å². The van der Waals surface area contributed by atoms with Gasteiger partial charge in [-0.2, -0.15) is 101 Å². The fraction of sp³-hybridized carbons (Fsp3) is 1.00. The molecule has 0 radical (unpaired) electrons. The lowest BCUT2D eigenvalue weighted by Gasteiger charge is -2.47. The third-order valence-corrected chi connectivity index (χ3v) is 9.36. The van der Waals surface area contributed by atoms with Crippen LogP contribution in [0.1, 0.15) is 0 Å². The highest BCUT2D eigenvalue weighted by Gasteiger charge is 3.01. The second-order valence-corrected chi connectivity index (χ2v) is 13.1. The molecule has 0 amide bonds. The van der Waals surface area contributed by atoms with Crippen molar-refractivity contribution in [3.05, 3.63) is 0 Å². The molecule has 0 nitrogen and oxygen atoms in total. The first-order valence-corrected chi connectivity index (χ1v) is 11.7. The number of rotatable bonds is 8. The number of halogens is 26. The van der Waals surface area contributed by atoms with Crippen molar-refractivity contribution in [1.29, 1.82) is 0 Å². The van der Waals surface area contributed by atoms with E-state index in [4.69, 9.17) is 0 Å². The Morgan fingerprint density at radius 2 is 0.500 bits per heavy atom. The average Bonchev–Trinajstić information content (AvgIpc) is 2.63. The lowest BCUT2D eigenvalue weighted by molar-refractivity contribution is -0.468. The minimum absolute atomic E-state index is 3.78. The van der Waals surface area contributed by atoms with Crippen molar-refractivity contribution in [3.8, 4) is 0 Å².